The second-order valence-electron chi connectivity index (χ2n) is 4.23. The number of halogens is 2. The third-order valence-corrected chi connectivity index (χ3v) is 3.00. The standard InChI is InChI=1S/C16H13ClFNO2/c1-2-20-16-7-11(9-19)3-6-15(16)21-10-12-8-13(17)4-5-14(12)18/h3-8H,2,10H2,1H3. The van der Waals surface area contributed by atoms with Gasteiger partial charge in [0.1, 0.15) is 12.4 Å². The van der Waals surface area contributed by atoms with Gasteiger partial charge < -0.3 is 9.47 Å². The van der Waals surface area contributed by atoms with E-state index in [1.54, 1.807) is 18.2 Å². The largest absolute Gasteiger partial charge is 0.490 e. The van der Waals surface area contributed by atoms with E-state index in [9.17, 15) is 4.39 Å². The minimum absolute atomic E-state index is 0.0262. The van der Waals surface area contributed by atoms with Crippen molar-refractivity contribution < 1.29 is 13.9 Å². The number of hydrogen-bond donors (Lipinski definition) is 0. The Morgan fingerprint density at radius 2 is 1.95 bits per heavy atom. The molecule has 0 atom stereocenters. The highest BCUT2D eigenvalue weighted by molar-refractivity contribution is 6.30. The Kier molecular flexibility index (Phi) is 5.02. The molecule has 0 amide bonds. The van der Waals surface area contributed by atoms with Crippen molar-refractivity contribution in [3.8, 4) is 17.6 Å². The van der Waals surface area contributed by atoms with Gasteiger partial charge in [-0.2, -0.15) is 5.26 Å². The van der Waals surface area contributed by atoms with Crippen LogP contribution in [0.25, 0.3) is 0 Å². The smallest absolute Gasteiger partial charge is 0.162 e. The van der Waals surface area contributed by atoms with Crippen molar-refractivity contribution in [3.05, 3.63) is 58.4 Å². The molecule has 0 aliphatic rings. The molecule has 0 saturated carbocycles. The summed E-state index contributed by atoms with van der Waals surface area (Å²) in [5, 5.41) is 9.33. The second-order valence-corrected chi connectivity index (χ2v) is 4.67. The highest BCUT2D eigenvalue weighted by Gasteiger charge is 2.09. The molecule has 0 heterocycles. The van der Waals surface area contributed by atoms with Crippen molar-refractivity contribution in [2.24, 2.45) is 0 Å². The quantitative estimate of drug-likeness (QED) is 0.825. The van der Waals surface area contributed by atoms with Gasteiger partial charge in [-0.25, -0.2) is 4.39 Å². The molecule has 0 unspecified atom stereocenters. The molecular formula is C16H13ClFNO2. The fourth-order valence-corrected chi connectivity index (χ4v) is 1.97. The first-order valence-electron chi connectivity index (χ1n) is 6.37. The first-order valence-corrected chi connectivity index (χ1v) is 6.75. The van der Waals surface area contributed by atoms with Crippen LogP contribution in [-0.4, -0.2) is 6.61 Å². The van der Waals surface area contributed by atoms with E-state index >= 15 is 0 Å². The van der Waals surface area contributed by atoms with Gasteiger partial charge in [0.15, 0.2) is 11.5 Å². The first kappa shape index (κ1) is 15.1. The maximum absolute atomic E-state index is 13.6. The molecule has 0 aliphatic carbocycles. The van der Waals surface area contributed by atoms with Crippen LogP contribution in [0.2, 0.25) is 5.02 Å². The number of rotatable bonds is 5. The van der Waals surface area contributed by atoms with E-state index in [1.165, 1.54) is 18.2 Å². The lowest BCUT2D eigenvalue weighted by Crippen LogP contribution is -2.01. The van der Waals surface area contributed by atoms with Crippen LogP contribution in [0, 0.1) is 17.1 Å². The Balaban J connectivity index is 2.19. The van der Waals surface area contributed by atoms with Gasteiger partial charge in [0, 0.05) is 16.7 Å². The zero-order valence-corrected chi connectivity index (χ0v) is 12.2. The Labute approximate surface area is 127 Å². The Morgan fingerprint density at radius 3 is 2.67 bits per heavy atom. The van der Waals surface area contributed by atoms with Crippen molar-refractivity contribution >= 4 is 11.6 Å². The van der Waals surface area contributed by atoms with Gasteiger partial charge in [-0.05, 0) is 37.3 Å². The molecule has 0 radical (unpaired) electrons. The van der Waals surface area contributed by atoms with E-state index in [0.717, 1.165) is 0 Å². The summed E-state index contributed by atoms with van der Waals surface area (Å²) in [6, 6.07) is 11.2. The lowest BCUT2D eigenvalue weighted by Gasteiger charge is -2.12. The van der Waals surface area contributed by atoms with Crippen molar-refractivity contribution in [2.75, 3.05) is 6.61 Å². The minimum Gasteiger partial charge on any atom is -0.490 e. The van der Waals surface area contributed by atoms with Crippen LogP contribution in [-0.2, 0) is 6.61 Å². The van der Waals surface area contributed by atoms with E-state index < -0.39 is 0 Å². The molecule has 5 heteroatoms. The van der Waals surface area contributed by atoms with Crippen molar-refractivity contribution in [1.82, 2.24) is 0 Å². The molecule has 0 aromatic heterocycles. The Hall–Kier alpha value is -2.25. The summed E-state index contributed by atoms with van der Waals surface area (Å²) >= 11 is 5.84. The lowest BCUT2D eigenvalue weighted by atomic mass is 10.2. The number of hydrogen-bond acceptors (Lipinski definition) is 3. The van der Waals surface area contributed by atoms with Crippen LogP contribution < -0.4 is 9.47 Å². The van der Waals surface area contributed by atoms with Crippen LogP contribution in [0.15, 0.2) is 36.4 Å². The van der Waals surface area contributed by atoms with E-state index in [-0.39, 0.29) is 12.4 Å². The minimum atomic E-state index is -0.383. The Bertz CT molecular complexity index is 682. The Morgan fingerprint density at radius 1 is 1.14 bits per heavy atom. The predicted molar refractivity (Wildman–Crippen MR) is 78.1 cm³/mol. The molecular weight excluding hydrogens is 293 g/mol. The molecule has 0 N–H and O–H groups in total. The molecule has 2 rings (SSSR count). The van der Waals surface area contributed by atoms with Crippen LogP contribution in [0.5, 0.6) is 11.5 Å². The van der Waals surface area contributed by atoms with E-state index in [4.69, 9.17) is 26.3 Å². The molecule has 0 aliphatic heterocycles. The normalized spacial score (nSPS) is 10.0. The number of nitriles is 1. The summed E-state index contributed by atoms with van der Waals surface area (Å²) in [5.74, 6) is 0.528. The summed E-state index contributed by atoms with van der Waals surface area (Å²) in [5.41, 5.74) is 0.828. The first-order chi connectivity index (χ1) is 10.1. The summed E-state index contributed by atoms with van der Waals surface area (Å²) < 4.78 is 24.6. The topological polar surface area (TPSA) is 42.2 Å². The van der Waals surface area contributed by atoms with Crippen LogP contribution in [0.3, 0.4) is 0 Å². The predicted octanol–water partition coefficient (Wildman–Crippen LogP) is 4.33. The average molecular weight is 306 g/mol. The highest BCUT2D eigenvalue weighted by atomic mass is 35.5. The van der Waals surface area contributed by atoms with Gasteiger partial charge in [0.05, 0.1) is 18.2 Å². The molecule has 2 aromatic rings. The highest BCUT2D eigenvalue weighted by Crippen LogP contribution is 2.29. The molecule has 0 spiro atoms. The number of benzene rings is 2. The SMILES string of the molecule is CCOc1cc(C#N)ccc1OCc1cc(Cl)ccc1F. The third-order valence-electron chi connectivity index (χ3n) is 2.76. The van der Waals surface area contributed by atoms with Gasteiger partial charge in [-0.3, -0.25) is 0 Å². The summed E-state index contributed by atoms with van der Waals surface area (Å²) in [4.78, 5) is 0. The third kappa shape index (κ3) is 3.87. The maximum atomic E-state index is 13.6. The molecule has 0 saturated heterocycles. The second kappa shape index (κ2) is 6.96. The van der Waals surface area contributed by atoms with Crippen molar-refractivity contribution in [2.45, 2.75) is 13.5 Å². The molecule has 0 bridgehead atoms. The molecule has 3 nitrogen and oxygen atoms in total. The van der Waals surface area contributed by atoms with Gasteiger partial charge in [-0.1, -0.05) is 11.6 Å². The van der Waals surface area contributed by atoms with E-state index in [1.807, 2.05) is 13.0 Å². The fourth-order valence-electron chi connectivity index (χ4n) is 1.77. The van der Waals surface area contributed by atoms with E-state index in [0.29, 0.717) is 34.3 Å². The summed E-state index contributed by atoms with van der Waals surface area (Å²) in [7, 11) is 0. The zero-order chi connectivity index (χ0) is 15.2. The molecule has 21 heavy (non-hydrogen) atoms. The summed E-state index contributed by atoms with van der Waals surface area (Å²) in [6.07, 6.45) is 0. The van der Waals surface area contributed by atoms with Crippen LogP contribution in [0.1, 0.15) is 18.1 Å². The van der Waals surface area contributed by atoms with Gasteiger partial charge >= 0.3 is 0 Å². The van der Waals surface area contributed by atoms with E-state index in [2.05, 4.69) is 0 Å². The lowest BCUT2D eigenvalue weighted by molar-refractivity contribution is 0.266. The summed E-state index contributed by atoms with van der Waals surface area (Å²) in [6.45, 7) is 2.30. The van der Waals surface area contributed by atoms with Gasteiger partial charge in [0.2, 0.25) is 0 Å². The fraction of sp³-hybridized carbons (Fsp3) is 0.188. The number of nitrogens with zero attached hydrogens (tertiary/aromatic N) is 1. The monoisotopic (exact) mass is 305 g/mol. The van der Waals surface area contributed by atoms with Gasteiger partial charge in [0.25, 0.3) is 0 Å². The van der Waals surface area contributed by atoms with Crippen molar-refractivity contribution in [3.63, 3.8) is 0 Å². The van der Waals surface area contributed by atoms with Crippen molar-refractivity contribution in [1.29, 1.82) is 5.26 Å². The molecule has 0 fully saturated rings. The van der Waals surface area contributed by atoms with Gasteiger partial charge in [-0.15, -0.1) is 0 Å². The maximum Gasteiger partial charge on any atom is 0.162 e. The van der Waals surface area contributed by atoms with Crippen LogP contribution >= 0.6 is 11.6 Å². The molecule has 2 aromatic carbocycles. The zero-order valence-electron chi connectivity index (χ0n) is 11.4. The molecule has 108 valence electrons. The van der Waals surface area contributed by atoms with Crippen LogP contribution in [0.4, 0.5) is 4.39 Å². The number of ether oxygens (including phenoxy) is 2. The average Bonchev–Trinajstić information content (AvgIpc) is 2.49.